The Bertz CT molecular complexity index is 822. The molecule has 1 heterocycles. The zero-order chi connectivity index (χ0) is 18.6. The van der Waals surface area contributed by atoms with E-state index in [0.29, 0.717) is 4.34 Å². The Morgan fingerprint density at radius 2 is 2.04 bits per heavy atom. The van der Waals surface area contributed by atoms with Gasteiger partial charge in [-0.05, 0) is 25.1 Å². The van der Waals surface area contributed by atoms with Gasteiger partial charge in [-0.3, -0.25) is 14.9 Å². The maximum atomic E-state index is 12.2. The largest absolute Gasteiger partial charge is 0.495 e. The van der Waals surface area contributed by atoms with Gasteiger partial charge in [0.15, 0.2) is 6.10 Å². The van der Waals surface area contributed by atoms with Crippen LogP contribution in [0.4, 0.5) is 11.4 Å². The van der Waals surface area contributed by atoms with Gasteiger partial charge in [-0.1, -0.05) is 11.6 Å². The second kappa shape index (κ2) is 7.95. The number of carbonyl (C=O) groups is 2. The molecular weight excluding hydrogens is 372 g/mol. The Hall–Kier alpha value is -2.65. The van der Waals surface area contributed by atoms with E-state index < -0.39 is 22.9 Å². The van der Waals surface area contributed by atoms with Gasteiger partial charge in [0.25, 0.3) is 11.6 Å². The summed E-state index contributed by atoms with van der Waals surface area (Å²) < 4.78 is 10.5. The molecule has 0 saturated heterocycles. The number of anilines is 1. The number of thiophene rings is 1. The standard InChI is InChI=1S/C15H13ClN2O6S/c1-8(24-15(20)12-5-6-13(16)25-12)14(19)17-10-7-9(18(21)22)3-4-11(10)23-2/h3-8H,1-2H3,(H,17,19). The van der Waals surface area contributed by atoms with Gasteiger partial charge in [-0.25, -0.2) is 4.79 Å². The van der Waals surface area contributed by atoms with E-state index >= 15 is 0 Å². The molecular formula is C15H13ClN2O6S. The van der Waals surface area contributed by atoms with E-state index in [-0.39, 0.29) is 22.0 Å². The predicted molar refractivity (Wildman–Crippen MR) is 92.5 cm³/mol. The summed E-state index contributed by atoms with van der Waals surface area (Å²) in [4.78, 5) is 34.6. The number of carbonyl (C=O) groups excluding carboxylic acids is 2. The monoisotopic (exact) mass is 384 g/mol. The number of methoxy groups -OCH3 is 1. The lowest BCUT2D eigenvalue weighted by Crippen LogP contribution is -2.30. The lowest BCUT2D eigenvalue weighted by molar-refractivity contribution is -0.384. The lowest BCUT2D eigenvalue weighted by Gasteiger charge is -2.14. The van der Waals surface area contributed by atoms with Crippen molar-refractivity contribution in [2.24, 2.45) is 0 Å². The van der Waals surface area contributed by atoms with Gasteiger partial charge in [0.1, 0.15) is 10.6 Å². The third-order valence-electron chi connectivity index (χ3n) is 3.08. The van der Waals surface area contributed by atoms with Crippen molar-refractivity contribution < 1.29 is 24.0 Å². The minimum absolute atomic E-state index is 0.101. The number of halogens is 1. The van der Waals surface area contributed by atoms with Crippen molar-refractivity contribution in [3.8, 4) is 5.75 Å². The summed E-state index contributed by atoms with van der Waals surface area (Å²) in [6.45, 7) is 1.38. The average molecular weight is 385 g/mol. The van der Waals surface area contributed by atoms with E-state index in [4.69, 9.17) is 21.1 Å². The van der Waals surface area contributed by atoms with Crippen LogP contribution in [0.2, 0.25) is 4.34 Å². The van der Waals surface area contributed by atoms with Crippen LogP contribution in [-0.2, 0) is 9.53 Å². The third kappa shape index (κ3) is 4.68. The number of hydrogen-bond donors (Lipinski definition) is 1. The molecule has 0 spiro atoms. The van der Waals surface area contributed by atoms with Crippen LogP contribution < -0.4 is 10.1 Å². The highest BCUT2D eigenvalue weighted by Crippen LogP contribution is 2.29. The van der Waals surface area contributed by atoms with Crippen LogP contribution in [0.1, 0.15) is 16.6 Å². The van der Waals surface area contributed by atoms with Gasteiger partial charge in [0, 0.05) is 12.1 Å². The number of rotatable bonds is 6. The molecule has 0 fully saturated rings. The van der Waals surface area contributed by atoms with E-state index in [2.05, 4.69) is 5.32 Å². The minimum atomic E-state index is -1.13. The van der Waals surface area contributed by atoms with Gasteiger partial charge in [-0.15, -0.1) is 11.3 Å². The van der Waals surface area contributed by atoms with Gasteiger partial charge >= 0.3 is 5.97 Å². The molecule has 0 aliphatic heterocycles. The van der Waals surface area contributed by atoms with E-state index in [0.717, 1.165) is 17.4 Å². The highest BCUT2D eigenvalue weighted by molar-refractivity contribution is 7.17. The van der Waals surface area contributed by atoms with Crippen LogP contribution in [0, 0.1) is 10.1 Å². The summed E-state index contributed by atoms with van der Waals surface area (Å²) in [6.07, 6.45) is -1.13. The Labute approximate surface area is 151 Å². The third-order valence-corrected chi connectivity index (χ3v) is 4.29. The van der Waals surface area contributed by atoms with Crippen LogP contribution >= 0.6 is 22.9 Å². The number of amides is 1. The SMILES string of the molecule is COc1ccc([N+](=O)[O-])cc1NC(=O)C(C)OC(=O)c1ccc(Cl)s1. The molecule has 132 valence electrons. The molecule has 10 heteroatoms. The van der Waals surface area contributed by atoms with Crippen molar-refractivity contribution in [3.05, 3.63) is 49.7 Å². The smallest absolute Gasteiger partial charge is 0.349 e. The van der Waals surface area contributed by atoms with Crippen molar-refractivity contribution in [3.63, 3.8) is 0 Å². The van der Waals surface area contributed by atoms with E-state index in [1.54, 1.807) is 6.07 Å². The zero-order valence-corrected chi connectivity index (χ0v) is 14.7. The number of nitro groups is 1. The number of nitrogens with one attached hydrogen (secondary N) is 1. The highest BCUT2D eigenvalue weighted by atomic mass is 35.5. The fourth-order valence-corrected chi connectivity index (χ4v) is 2.76. The van der Waals surface area contributed by atoms with Gasteiger partial charge in [-0.2, -0.15) is 0 Å². The first-order valence-electron chi connectivity index (χ1n) is 6.91. The van der Waals surface area contributed by atoms with Crippen molar-refractivity contribution in [1.29, 1.82) is 0 Å². The number of ether oxygens (including phenoxy) is 2. The lowest BCUT2D eigenvalue weighted by atomic mass is 10.2. The average Bonchev–Trinajstić information content (AvgIpc) is 3.01. The quantitative estimate of drug-likeness (QED) is 0.464. The first-order valence-corrected chi connectivity index (χ1v) is 8.11. The number of hydrogen-bond acceptors (Lipinski definition) is 7. The molecule has 1 unspecified atom stereocenters. The highest BCUT2D eigenvalue weighted by Gasteiger charge is 2.22. The summed E-state index contributed by atoms with van der Waals surface area (Å²) in [7, 11) is 1.36. The van der Waals surface area contributed by atoms with Crippen LogP contribution in [-0.4, -0.2) is 30.0 Å². The van der Waals surface area contributed by atoms with E-state index in [1.165, 1.54) is 32.2 Å². The van der Waals surface area contributed by atoms with Crippen molar-refractivity contribution in [2.45, 2.75) is 13.0 Å². The van der Waals surface area contributed by atoms with Gasteiger partial charge in [0.2, 0.25) is 0 Å². The van der Waals surface area contributed by atoms with Crippen molar-refractivity contribution in [1.82, 2.24) is 0 Å². The maximum Gasteiger partial charge on any atom is 0.349 e. The predicted octanol–water partition coefficient (Wildman–Crippen LogP) is 3.50. The summed E-state index contributed by atoms with van der Waals surface area (Å²) in [5.41, 5.74) is -0.113. The Morgan fingerprint density at radius 3 is 2.60 bits per heavy atom. The van der Waals surface area contributed by atoms with Crippen LogP contribution in [0.5, 0.6) is 5.75 Å². The molecule has 0 aliphatic carbocycles. The fourth-order valence-electron chi connectivity index (χ4n) is 1.84. The molecule has 2 rings (SSSR count). The van der Waals surface area contributed by atoms with Gasteiger partial charge < -0.3 is 14.8 Å². The van der Waals surface area contributed by atoms with Gasteiger partial charge in [0.05, 0.1) is 22.1 Å². The number of non-ortho nitro benzene ring substituents is 1. The van der Waals surface area contributed by atoms with Crippen molar-refractivity contribution in [2.75, 3.05) is 12.4 Å². The normalized spacial score (nSPS) is 11.5. The van der Waals surface area contributed by atoms with E-state index in [1.807, 2.05) is 0 Å². The Balaban J connectivity index is 2.09. The number of benzene rings is 1. The molecule has 1 amide bonds. The first-order chi connectivity index (χ1) is 11.8. The molecule has 1 atom stereocenters. The number of nitro benzene ring substituents is 1. The van der Waals surface area contributed by atoms with Crippen LogP contribution in [0.25, 0.3) is 0 Å². The molecule has 1 aromatic heterocycles. The molecule has 1 N–H and O–H groups in total. The summed E-state index contributed by atoms with van der Waals surface area (Å²) >= 11 is 6.78. The zero-order valence-electron chi connectivity index (χ0n) is 13.1. The molecule has 1 aromatic carbocycles. The van der Waals surface area contributed by atoms with Crippen molar-refractivity contribution >= 4 is 46.2 Å². The molecule has 0 aliphatic rings. The minimum Gasteiger partial charge on any atom is -0.495 e. The molecule has 0 bridgehead atoms. The first kappa shape index (κ1) is 18.7. The molecule has 25 heavy (non-hydrogen) atoms. The van der Waals surface area contributed by atoms with Crippen LogP contribution in [0.15, 0.2) is 30.3 Å². The topological polar surface area (TPSA) is 108 Å². The second-order valence-corrected chi connectivity index (χ2v) is 6.50. The summed E-state index contributed by atoms with van der Waals surface area (Å²) in [6, 6.07) is 6.80. The maximum absolute atomic E-state index is 12.2. The second-order valence-electron chi connectivity index (χ2n) is 4.78. The van der Waals surface area contributed by atoms with Crippen LogP contribution in [0.3, 0.4) is 0 Å². The summed E-state index contributed by atoms with van der Waals surface area (Å²) in [5.74, 6) is -1.11. The number of esters is 1. The van der Waals surface area contributed by atoms with E-state index in [9.17, 15) is 19.7 Å². The molecule has 0 radical (unpaired) electrons. The molecule has 0 saturated carbocycles. The summed E-state index contributed by atoms with van der Waals surface area (Å²) in [5, 5.41) is 13.3. The number of nitrogens with zero attached hydrogens (tertiary/aromatic N) is 1. The molecule has 8 nitrogen and oxygen atoms in total. The Kier molecular flexibility index (Phi) is 5.94. The molecule has 2 aromatic rings. The fraction of sp³-hybridized carbons (Fsp3) is 0.200. The Morgan fingerprint density at radius 1 is 1.32 bits per heavy atom.